The number of aromatic nitrogens is 1. The molecule has 26 heavy (non-hydrogen) atoms. The van der Waals surface area contributed by atoms with Crippen LogP contribution < -0.4 is 10.2 Å². The second-order valence-corrected chi connectivity index (χ2v) is 7.05. The zero-order valence-corrected chi connectivity index (χ0v) is 15.9. The molecule has 2 aromatic rings. The summed E-state index contributed by atoms with van der Waals surface area (Å²) in [6.45, 7) is 11.6. The maximum Gasteiger partial charge on any atom is 0.255 e. The average Bonchev–Trinajstić information content (AvgIpc) is 2.68. The maximum absolute atomic E-state index is 12.6. The molecule has 0 bridgehead atoms. The smallest absolute Gasteiger partial charge is 0.255 e. The van der Waals surface area contributed by atoms with Crippen molar-refractivity contribution >= 4 is 17.4 Å². The van der Waals surface area contributed by atoms with Crippen LogP contribution in [0.2, 0.25) is 0 Å². The number of benzene rings is 1. The lowest BCUT2D eigenvalue weighted by atomic mass is 10.0. The Hall–Kier alpha value is -2.40. The number of hydrogen-bond acceptors (Lipinski definition) is 4. The fraction of sp³-hybridized carbons (Fsp3) is 0.429. The van der Waals surface area contributed by atoms with Crippen molar-refractivity contribution in [3.63, 3.8) is 0 Å². The number of amides is 1. The van der Waals surface area contributed by atoms with Gasteiger partial charge in [0.05, 0.1) is 0 Å². The molecule has 3 rings (SSSR count). The van der Waals surface area contributed by atoms with E-state index in [1.807, 2.05) is 18.2 Å². The largest absolute Gasteiger partial charge is 0.354 e. The molecule has 5 nitrogen and oxygen atoms in total. The van der Waals surface area contributed by atoms with Crippen LogP contribution in [0.5, 0.6) is 0 Å². The monoisotopic (exact) mass is 352 g/mol. The molecule has 1 amide bonds. The van der Waals surface area contributed by atoms with Crippen LogP contribution in [0.1, 0.15) is 42.6 Å². The highest BCUT2D eigenvalue weighted by atomic mass is 16.1. The molecular formula is C21H28N4O. The van der Waals surface area contributed by atoms with E-state index in [1.165, 1.54) is 5.56 Å². The van der Waals surface area contributed by atoms with Crippen LogP contribution in [-0.4, -0.2) is 48.5 Å². The average molecular weight is 352 g/mol. The number of carbonyl (C=O) groups is 1. The van der Waals surface area contributed by atoms with Gasteiger partial charge in [0.1, 0.15) is 5.82 Å². The maximum atomic E-state index is 12.6. The molecular weight excluding hydrogens is 324 g/mol. The molecule has 138 valence electrons. The summed E-state index contributed by atoms with van der Waals surface area (Å²) in [5.74, 6) is 1.26. The Morgan fingerprint density at radius 2 is 1.81 bits per heavy atom. The van der Waals surface area contributed by atoms with Crippen molar-refractivity contribution in [2.75, 3.05) is 42.9 Å². The zero-order valence-electron chi connectivity index (χ0n) is 15.9. The number of carbonyl (C=O) groups excluding carboxylic acids is 1. The Morgan fingerprint density at radius 1 is 1.12 bits per heavy atom. The van der Waals surface area contributed by atoms with Gasteiger partial charge in [-0.2, -0.15) is 0 Å². The second-order valence-electron chi connectivity index (χ2n) is 7.05. The van der Waals surface area contributed by atoms with Gasteiger partial charge in [0.2, 0.25) is 0 Å². The Bertz CT molecular complexity index is 734. The van der Waals surface area contributed by atoms with E-state index in [0.29, 0.717) is 11.5 Å². The minimum atomic E-state index is -0.0989. The van der Waals surface area contributed by atoms with Gasteiger partial charge in [0, 0.05) is 43.6 Å². The fourth-order valence-corrected chi connectivity index (χ4v) is 3.18. The predicted octanol–water partition coefficient (Wildman–Crippen LogP) is 3.60. The first kappa shape index (κ1) is 18.4. The van der Waals surface area contributed by atoms with E-state index >= 15 is 0 Å². The van der Waals surface area contributed by atoms with Crippen LogP contribution in [0, 0.1) is 0 Å². The molecule has 0 atom stereocenters. The molecule has 0 radical (unpaired) electrons. The predicted molar refractivity (Wildman–Crippen MR) is 107 cm³/mol. The Morgan fingerprint density at radius 3 is 2.42 bits per heavy atom. The Kier molecular flexibility index (Phi) is 5.89. The van der Waals surface area contributed by atoms with Gasteiger partial charge >= 0.3 is 0 Å². The van der Waals surface area contributed by atoms with Gasteiger partial charge in [0.25, 0.3) is 5.91 Å². The lowest BCUT2D eigenvalue weighted by Crippen LogP contribution is -2.46. The summed E-state index contributed by atoms with van der Waals surface area (Å²) in [6.07, 6.45) is 1.72. The van der Waals surface area contributed by atoms with Crippen molar-refractivity contribution in [1.29, 1.82) is 0 Å². The number of nitrogens with one attached hydrogen (secondary N) is 1. The lowest BCUT2D eigenvalue weighted by molar-refractivity contribution is 0.102. The SMILES string of the molecule is CCN1CCN(c2cc(C(=O)Nc3ccc(C(C)C)cc3)ccn2)CC1. The Labute approximate surface area is 156 Å². The topological polar surface area (TPSA) is 48.5 Å². The second kappa shape index (κ2) is 8.32. The minimum absolute atomic E-state index is 0.0989. The van der Waals surface area contributed by atoms with E-state index < -0.39 is 0 Å². The van der Waals surface area contributed by atoms with E-state index in [2.05, 4.69) is 53.0 Å². The van der Waals surface area contributed by atoms with Crippen molar-refractivity contribution in [3.8, 4) is 0 Å². The van der Waals surface area contributed by atoms with E-state index in [1.54, 1.807) is 12.3 Å². The third-order valence-electron chi connectivity index (χ3n) is 4.99. The van der Waals surface area contributed by atoms with E-state index in [-0.39, 0.29) is 5.91 Å². The van der Waals surface area contributed by atoms with Gasteiger partial charge in [0.15, 0.2) is 0 Å². The number of piperazine rings is 1. The molecule has 1 aliphatic heterocycles. The first-order valence-corrected chi connectivity index (χ1v) is 9.41. The number of anilines is 2. The first-order valence-electron chi connectivity index (χ1n) is 9.41. The molecule has 1 N–H and O–H groups in total. The fourth-order valence-electron chi connectivity index (χ4n) is 3.18. The number of rotatable bonds is 5. The number of likely N-dealkylation sites (N-methyl/N-ethyl adjacent to an activating group) is 1. The normalized spacial score (nSPS) is 15.3. The number of nitrogens with zero attached hydrogens (tertiary/aromatic N) is 3. The van der Waals surface area contributed by atoms with Crippen LogP contribution >= 0.6 is 0 Å². The summed E-state index contributed by atoms with van der Waals surface area (Å²) in [6, 6.07) is 11.7. The molecule has 1 saturated heterocycles. The zero-order chi connectivity index (χ0) is 18.5. The molecule has 0 aliphatic carbocycles. The third kappa shape index (κ3) is 4.41. The molecule has 0 unspecified atom stereocenters. The highest BCUT2D eigenvalue weighted by Gasteiger charge is 2.18. The summed E-state index contributed by atoms with van der Waals surface area (Å²) in [5, 5.41) is 2.98. The quantitative estimate of drug-likeness (QED) is 0.893. The molecule has 5 heteroatoms. The summed E-state index contributed by atoms with van der Waals surface area (Å²) >= 11 is 0. The van der Waals surface area contributed by atoms with E-state index in [0.717, 1.165) is 44.2 Å². The minimum Gasteiger partial charge on any atom is -0.354 e. The van der Waals surface area contributed by atoms with Crippen LogP contribution in [0.15, 0.2) is 42.6 Å². The molecule has 1 aliphatic rings. The van der Waals surface area contributed by atoms with Crippen molar-refractivity contribution in [2.45, 2.75) is 26.7 Å². The standard InChI is InChI=1S/C21H28N4O/c1-4-24-11-13-25(14-12-24)20-15-18(9-10-22-20)21(26)23-19-7-5-17(6-8-19)16(2)3/h5-10,15-16H,4,11-14H2,1-3H3,(H,23,26). The van der Waals surface area contributed by atoms with Gasteiger partial charge < -0.3 is 15.1 Å². The van der Waals surface area contributed by atoms with Crippen molar-refractivity contribution in [2.24, 2.45) is 0 Å². The Balaban J connectivity index is 1.66. The lowest BCUT2D eigenvalue weighted by Gasteiger charge is -2.34. The van der Waals surface area contributed by atoms with Crippen molar-refractivity contribution in [3.05, 3.63) is 53.7 Å². The first-order chi connectivity index (χ1) is 12.6. The highest BCUT2D eigenvalue weighted by molar-refractivity contribution is 6.04. The van der Waals surface area contributed by atoms with Gasteiger partial charge in [-0.1, -0.05) is 32.9 Å². The number of pyridine rings is 1. The summed E-state index contributed by atoms with van der Waals surface area (Å²) in [7, 11) is 0. The molecule has 0 spiro atoms. The van der Waals surface area contributed by atoms with Crippen LogP contribution in [0.25, 0.3) is 0 Å². The summed E-state index contributed by atoms with van der Waals surface area (Å²) in [5.41, 5.74) is 2.72. The highest BCUT2D eigenvalue weighted by Crippen LogP contribution is 2.19. The van der Waals surface area contributed by atoms with Gasteiger partial charge in [-0.3, -0.25) is 4.79 Å². The third-order valence-corrected chi connectivity index (χ3v) is 4.99. The number of hydrogen-bond donors (Lipinski definition) is 1. The van der Waals surface area contributed by atoms with Crippen LogP contribution in [-0.2, 0) is 0 Å². The van der Waals surface area contributed by atoms with Gasteiger partial charge in [-0.25, -0.2) is 4.98 Å². The summed E-state index contributed by atoms with van der Waals surface area (Å²) < 4.78 is 0. The molecule has 1 fully saturated rings. The summed E-state index contributed by atoms with van der Waals surface area (Å²) in [4.78, 5) is 21.7. The molecule has 1 aromatic heterocycles. The van der Waals surface area contributed by atoms with Crippen molar-refractivity contribution in [1.82, 2.24) is 9.88 Å². The van der Waals surface area contributed by atoms with Crippen molar-refractivity contribution < 1.29 is 4.79 Å². The van der Waals surface area contributed by atoms with Gasteiger partial charge in [-0.05, 0) is 42.3 Å². The van der Waals surface area contributed by atoms with Crippen LogP contribution in [0.4, 0.5) is 11.5 Å². The molecule has 0 saturated carbocycles. The molecule has 2 heterocycles. The van der Waals surface area contributed by atoms with Gasteiger partial charge in [-0.15, -0.1) is 0 Å². The van der Waals surface area contributed by atoms with E-state index in [9.17, 15) is 4.79 Å². The van der Waals surface area contributed by atoms with Crippen LogP contribution in [0.3, 0.4) is 0 Å². The van der Waals surface area contributed by atoms with E-state index in [4.69, 9.17) is 0 Å². The molecule has 1 aromatic carbocycles.